The van der Waals surface area contributed by atoms with Gasteiger partial charge in [0.05, 0.1) is 18.4 Å². The van der Waals surface area contributed by atoms with Crippen molar-refractivity contribution in [1.82, 2.24) is 24.8 Å². The maximum absolute atomic E-state index is 12.1. The molecule has 23 heavy (non-hydrogen) atoms. The molecule has 8 nitrogen and oxygen atoms in total. The van der Waals surface area contributed by atoms with E-state index in [4.69, 9.17) is 9.47 Å². The molecule has 0 radical (unpaired) electrons. The molecule has 0 aliphatic carbocycles. The zero-order chi connectivity index (χ0) is 16.2. The summed E-state index contributed by atoms with van der Waals surface area (Å²) in [5.74, 6) is 1.08. The number of hydrogen-bond donors (Lipinski definition) is 0. The van der Waals surface area contributed by atoms with E-state index in [-0.39, 0.29) is 12.3 Å². The molecule has 0 aliphatic heterocycles. The van der Waals surface area contributed by atoms with Crippen molar-refractivity contribution in [3.8, 4) is 17.3 Å². The van der Waals surface area contributed by atoms with Crippen molar-refractivity contribution in [2.24, 2.45) is 7.05 Å². The molecule has 118 valence electrons. The minimum absolute atomic E-state index is 0.180. The van der Waals surface area contributed by atoms with Crippen LogP contribution in [-0.4, -0.2) is 31.9 Å². The molecule has 1 aromatic carbocycles. The van der Waals surface area contributed by atoms with Gasteiger partial charge in [-0.1, -0.05) is 12.1 Å². The summed E-state index contributed by atoms with van der Waals surface area (Å²) in [6.45, 7) is 0.180. The summed E-state index contributed by atoms with van der Waals surface area (Å²) in [5.41, 5.74) is 0.888. The topological polar surface area (TPSA) is 84.1 Å². The van der Waals surface area contributed by atoms with Crippen LogP contribution in [0.4, 0.5) is 0 Å². The Hall–Kier alpha value is -3.16. The van der Waals surface area contributed by atoms with Crippen LogP contribution in [0.25, 0.3) is 5.69 Å². The predicted molar refractivity (Wildman–Crippen MR) is 81.7 cm³/mol. The van der Waals surface area contributed by atoms with Gasteiger partial charge in [-0.2, -0.15) is 9.36 Å². The minimum atomic E-state index is -0.350. The van der Waals surface area contributed by atoms with Crippen molar-refractivity contribution >= 4 is 0 Å². The van der Waals surface area contributed by atoms with Crippen LogP contribution in [0, 0.1) is 0 Å². The van der Waals surface area contributed by atoms with Crippen molar-refractivity contribution in [2.45, 2.75) is 6.61 Å². The number of ether oxygens (including phenoxy) is 2. The fourth-order valence-electron chi connectivity index (χ4n) is 2.13. The lowest BCUT2D eigenvalue weighted by Gasteiger charge is -2.13. The van der Waals surface area contributed by atoms with Crippen LogP contribution >= 0.6 is 0 Å². The molecule has 8 heteroatoms. The first-order valence-corrected chi connectivity index (χ1v) is 6.90. The molecule has 0 atom stereocenters. The highest BCUT2D eigenvalue weighted by Gasteiger charge is 2.15. The molecule has 0 amide bonds. The van der Waals surface area contributed by atoms with Gasteiger partial charge < -0.3 is 9.47 Å². The van der Waals surface area contributed by atoms with E-state index in [1.807, 2.05) is 6.07 Å². The molecule has 0 unspecified atom stereocenters. The van der Waals surface area contributed by atoms with Gasteiger partial charge in [-0.05, 0) is 28.6 Å². The molecular formula is C15H15N5O3. The van der Waals surface area contributed by atoms with E-state index in [9.17, 15) is 4.79 Å². The van der Waals surface area contributed by atoms with Gasteiger partial charge in [0.25, 0.3) is 0 Å². The summed E-state index contributed by atoms with van der Waals surface area (Å²) in [6, 6.07) is 10.7. The summed E-state index contributed by atoms with van der Waals surface area (Å²) in [4.78, 5) is 16.2. The first-order chi connectivity index (χ1) is 11.2. The average molecular weight is 313 g/mol. The largest absolute Gasteiger partial charge is 0.496 e. The maximum Gasteiger partial charge on any atom is 0.368 e. The summed E-state index contributed by atoms with van der Waals surface area (Å²) >= 11 is 0. The normalized spacial score (nSPS) is 10.5. The van der Waals surface area contributed by atoms with Gasteiger partial charge in [0.2, 0.25) is 5.88 Å². The monoisotopic (exact) mass is 313 g/mol. The van der Waals surface area contributed by atoms with Crippen LogP contribution in [0.2, 0.25) is 0 Å². The van der Waals surface area contributed by atoms with Gasteiger partial charge in [-0.3, -0.25) is 0 Å². The highest BCUT2D eigenvalue weighted by Crippen LogP contribution is 2.25. The van der Waals surface area contributed by atoms with Crippen LogP contribution in [-0.2, 0) is 13.7 Å². The van der Waals surface area contributed by atoms with E-state index in [1.165, 1.54) is 11.7 Å². The Morgan fingerprint density at radius 3 is 2.65 bits per heavy atom. The van der Waals surface area contributed by atoms with E-state index in [0.717, 1.165) is 4.68 Å². The third-order valence-electron chi connectivity index (χ3n) is 3.28. The molecule has 3 rings (SSSR count). The zero-order valence-corrected chi connectivity index (χ0v) is 12.7. The molecule has 0 bridgehead atoms. The van der Waals surface area contributed by atoms with Crippen LogP contribution in [0.1, 0.15) is 5.56 Å². The summed E-state index contributed by atoms with van der Waals surface area (Å²) in [7, 11) is 3.10. The molecule has 0 saturated carbocycles. The Balaban J connectivity index is 2.00. The molecule has 2 heterocycles. The van der Waals surface area contributed by atoms with Crippen molar-refractivity contribution in [3.63, 3.8) is 0 Å². The Kier molecular flexibility index (Phi) is 4.05. The molecule has 0 fully saturated rings. The molecule has 0 spiro atoms. The van der Waals surface area contributed by atoms with Crippen LogP contribution < -0.4 is 15.2 Å². The number of aryl methyl sites for hydroxylation is 1. The quantitative estimate of drug-likeness (QED) is 0.697. The first kappa shape index (κ1) is 14.8. The Bertz CT molecular complexity index is 857. The first-order valence-electron chi connectivity index (χ1n) is 6.90. The summed E-state index contributed by atoms with van der Waals surface area (Å²) in [5, 5.41) is 7.60. The van der Waals surface area contributed by atoms with Crippen molar-refractivity contribution in [3.05, 3.63) is 58.6 Å². The SMILES string of the molecule is COc1cccc(-n2nnn(C)c2=O)c1COc1ccccn1. The van der Waals surface area contributed by atoms with E-state index >= 15 is 0 Å². The lowest BCUT2D eigenvalue weighted by atomic mass is 10.1. The average Bonchev–Trinajstić information content (AvgIpc) is 2.92. The highest BCUT2D eigenvalue weighted by molar-refractivity contribution is 5.48. The molecule has 3 aromatic rings. The van der Waals surface area contributed by atoms with Gasteiger partial charge in [-0.25, -0.2) is 9.78 Å². The predicted octanol–water partition coefficient (Wildman–Crippen LogP) is 0.949. The molecule has 0 N–H and O–H groups in total. The number of hydrogen-bond acceptors (Lipinski definition) is 6. The van der Waals surface area contributed by atoms with Gasteiger partial charge in [-0.15, -0.1) is 0 Å². The standard InChI is InChI=1S/C15H15N5O3/c1-19-15(21)20(18-17-19)12-6-5-7-13(22-2)11(12)10-23-14-8-3-4-9-16-14/h3-9H,10H2,1-2H3. The Labute approximate surface area is 131 Å². The van der Waals surface area contributed by atoms with Crippen LogP contribution in [0.5, 0.6) is 11.6 Å². The third-order valence-corrected chi connectivity index (χ3v) is 3.28. The lowest BCUT2D eigenvalue weighted by Crippen LogP contribution is -2.23. The zero-order valence-electron chi connectivity index (χ0n) is 12.7. The Morgan fingerprint density at radius 1 is 1.13 bits per heavy atom. The van der Waals surface area contributed by atoms with Gasteiger partial charge in [0.1, 0.15) is 12.4 Å². The fraction of sp³-hybridized carbons (Fsp3) is 0.200. The van der Waals surface area contributed by atoms with Gasteiger partial charge in [0.15, 0.2) is 0 Å². The number of rotatable bonds is 5. The van der Waals surface area contributed by atoms with Crippen LogP contribution in [0.3, 0.4) is 0 Å². The van der Waals surface area contributed by atoms with E-state index in [0.29, 0.717) is 22.9 Å². The second-order valence-corrected chi connectivity index (χ2v) is 4.71. The number of pyridine rings is 1. The summed E-state index contributed by atoms with van der Waals surface area (Å²) in [6.07, 6.45) is 1.64. The lowest BCUT2D eigenvalue weighted by molar-refractivity contribution is 0.285. The van der Waals surface area contributed by atoms with Crippen molar-refractivity contribution in [2.75, 3.05) is 7.11 Å². The van der Waals surface area contributed by atoms with E-state index in [2.05, 4.69) is 15.4 Å². The third kappa shape index (κ3) is 2.91. The second-order valence-electron chi connectivity index (χ2n) is 4.71. The van der Waals surface area contributed by atoms with Gasteiger partial charge in [0, 0.05) is 19.3 Å². The molecular weight excluding hydrogens is 298 g/mol. The molecule has 0 aliphatic rings. The number of aromatic nitrogens is 5. The van der Waals surface area contributed by atoms with Gasteiger partial charge >= 0.3 is 5.69 Å². The smallest absolute Gasteiger partial charge is 0.368 e. The number of tetrazole rings is 1. The van der Waals surface area contributed by atoms with E-state index < -0.39 is 0 Å². The minimum Gasteiger partial charge on any atom is -0.496 e. The van der Waals surface area contributed by atoms with E-state index in [1.54, 1.807) is 43.6 Å². The Morgan fingerprint density at radius 2 is 2.00 bits per heavy atom. The number of methoxy groups -OCH3 is 1. The van der Waals surface area contributed by atoms with Crippen molar-refractivity contribution in [1.29, 1.82) is 0 Å². The summed E-state index contributed by atoms with van der Waals surface area (Å²) < 4.78 is 13.4. The maximum atomic E-state index is 12.1. The number of nitrogens with zero attached hydrogens (tertiary/aromatic N) is 5. The van der Waals surface area contributed by atoms with Crippen LogP contribution in [0.15, 0.2) is 47.4 Å². The van der Waals surface area contributed by atoms with Crippen molar-refractivity contribution < 1.29 is 9.47 Å². The fourth-order valence-corrected chi connectivity index (χ4v) is 2.13. The highest BCUT2D eigenvalue weighted by atomic mass is 16.5. The number of benzene rings is 1. The molecule has 0 saturated heterocycles. The second kappa shape index (κ2) is 6.30. The molecule has 2 aromatic heterocycles.